The van der Waals surface area contributed by atoms with Crippen molar-refractivity contribution in [2.45, 2.75) is 32.6 Å². The highest BCUT2D eigenvalue weighted by atomic mass is 19.4. The highest BCUT2D eigenvalue weighted by Gasteiger charge is 2.74. The molecule has 0 aliphatic heterocycles. The maximum Gasteiger partial charge on any atom is 0.412 e. The minimum Gasteiger partial charge on any atom is -0.325 e. The van der Waals surface area contributed by atoms with Gasteiger partial charge in [0.1, 0.15) is 0 Å². The van der Waals surface area contributed by atoms with Gasteiger partial charge in [0.25, 0.3) is 0 Å². The van der Waals surface area contributed by atoms with Crippen LogP contribution in [0.4, 0.5) is 32.0 Å². The molecule has 0 heterocycles. The maximum atomic E-state index is 12.9. The van der Waals surface area contributed by atoms with Gasteiger partial charge in [0, 0.05) is 5.69 Å². The third kappa shape index (κ3) is 2.98. The molecule has 118 valence electrons. The number of rotatable bonds is 3. The zero-order chi connectivity index (χ0) is 16.5. The number of nitrogens with one attached hydrogen (secondary N) is 1. The molecule has 0 saturated heterocycles. The summed E-state index contributed by atoms with van der Waals surface area (Å²) < 4.78 is 77.7. The number of halogens is 6. The van der Waals surface area contributed by atoms with E-state index in [4.69, 9.17) is 0 Å². The summed E-state index contributed by atoms with van der Waals surface area (Å²) >= 11 is 0. The number of alkyl halides is 6. The number of carbonyl (C=O) groups excluding carboxylic acids is 1. The zero-order valence-corrected chi connectivity index (χ0v) is 11.2. The first kappa shape index (κ1) is 17.3. The van der Waals surface area contributed by atoms with Crippen molar-refractivity contribution in [1.82, 2.24) is 0 Å². The average Bonchev–Trinajstić information content (AvgIpc) is 2.29. The fraction of sp³-hybridized carbons (Fsp3) is 0.462. The second-order valence-electron chi connectivity index (χ2n) is 4.52. The highest BCUT2D eigenvalue weighted by Crippen LogP contribution is 2.53. The Hall–Kier alpha value is -1.73. The lowest BCUT2D eigenvalue weighted by Gasteiger charge is -2.35. The Kier molecular flexibility index (Phi) is 4.60. The SMILES string of the molecule is CCC(C(=O)Nc1ccccc1C)(C(F)(F)F)C(F)(F)F. The van der Waals surface area contributed by atoms with Crippen LogP contribution in [0.5, 0.6) is 0 Å². The van der Waals surface area contributed by atoms with E-state index in [9.17, 15) is 31.1 Å². The van der Waals surface area contributed by atoms with Crippen LogP contribution in [0.15, 0.2) is 24.3 Å². The predicted molar refractivity (Wildman–Crippen MR) is 64.6 cm³/mol. The van der Waals surface area contributed by atoms with Gasteiger partial charge in [0.15, 0.2) is 0 Å². The van der Waals surface area contributed by atoms with Crippen molar-refractivity contribution < 1.29 is 31.1 Å². The number of carbonyl (C=O) groups is 1. The Morgan fingerprint density at radius 3 is 1.90 bits per heavy atom. The topological polar surface area (TPSA) is 29.1 Å². The van der Waals surface area contributed by atoms with E-state index < -0.39 is 30.1 Å². The summed E-state index contributed by atoms with van der Waals surface area (Å²) in [6.07, 6.45) is -12.9. The molecule has 0 aliphatic rings. The molecule has 0 saturated carbocycles. The van der Waals surface area contributed by atoms with Gasteiger partial charge >= 0.3 is 12.4 Å². The van der Waals surface area contributed by atoms with Gasteiger partial charge in [0.05, 0.1) is 0 Å². The third-order valence-corrected chi connectivity index (χ3v) is 3.28. The maximum absolute atomic E-state index is 12.9. The number of para-hydroxylation sites is 1. The van der Waals surface area contributed by atoms with E-state index in [1.165, 1.54) is 25.1 Å². The molecule has 1 aromatic carbocycles. The van der Waals surface area contributed by atoms with Gasteiger partial charge in [-0.1, -0.05) is 25.1 Å². The van der Waals surface area contributed by atoms with Gasteiger partial charge in [-0.15, -0.1) is 0 Å². The van der Waals surface area contributed by atoms with E-state index >= 15 is 0 Å². The molecule has 0 atom stereocenters. The van der Waals surface area contributed by atoms with Crippen LogP contribution in [-0.2, 0) is 4.79 Å². The van der Waals surface area contributed by atoms with E-state index in [2.05, 4.69) is 0 Å². The van der Waals surface area contributed by atoms with Crippen LogP contribution in [0.1, 0.15) is 18.9 Å². The van der Waals surface area contributed by atoms with Gasteiger partial charge in [-0.25, -0.2) is 0 Å². The fourth-order valence-electron chi connectivity index (χ4n) is 1.92. The lowest BCUT2D eigenvalue weighted by molar-refractivity contribution is -0.324. The summed E-state index contributed by atoms with van der Waals surface area (Å²) in [6, 6.07) is 5.65. The zero-order valence-electron chi connectivity index (χ0n) is 11.2. The van der Waals surface area contributed by atoms with E-state index in [1.54, 1.807) is 11.4 Å². The molecule has 0 aromatic heterocycles. The van der Waals surface area contributed by atoms with Crippen LogP contribution in [0, 0.1) is 12.3 Å². The Balaban J connectivity index is 3.29. The lowest BCUT2D eigenvalue weighted by Crippen LogP contribution is -2.57. The molecule has 8 heteroatoms. The molecule has 1 rings (SSSR count). The molecular weight excluding hydrogens is 300 g/mol. The summed E-state index contributed by atoms with van der Waals surface area (Å²) in [5.74, 6) is -2.13. The Morgan fingerprint density at radius 2 is 1.52 bits per heavy atom. The first-order valence-electron chi connectivity index (χ1n) is 5.98. The molecule has 1 N–H and O–H groups in total. The van der Waals surface area contributed by atoms with Crippen LogP contribution < -0.4 is 5.32 Å². The molecule has 2 nitrogen and oxygen atoms in total. The molecular formula is C13H13F6NO. The van der Waals surface area contributed by atoms with E-state index in [1.807, 2.05) is 0 Å². The van der Waals surface area contributed by atoms with Crippen LogP contribution in [-0.4, -0.2) is 18.3 Å². The van der Waals surface area contributed by atoms with E-state index in [0.717, 1.165) is 0 Å². The molecule has 0 radical (unpaired) electrons. The van der Waals surface area contributed by atoms with Gasteiger partial charge in [-0.2, -0.15) is 26.3 Å². The van der Waals surface area contributed by atoms with Gasteiger partial charge in [0.2, 0.25) is 11.3 Å². The summed E-state index contributed by atoms with van der Waals surface area (Å²) in [5.41, 5.74) is -4.16. The van der Waals surface area contributed by atoms with Crippen LogP contribution in [0.2, 0.25) is 0 Å². The third-order valence-electron chi connectivity index (χ3n) is 3.28. The number of hydrogen-bond donors (Lipinski definition) is 1. The largest absolute Gasteiger partial charge is 0.412 e. The fourth-order valence-corrected chi connectivity index (χ4v) is 1.92. The summed E-state index contributed by atoms with van der Waals surface area (Å²) in [5, 5.41) is 1.74. The normalized spacial score (nSPS) is 13.1. The summed E-state index contributed by atoms with van der Waals surface area (Å²) in [6.45, 7) is 2.14. The van der Waals surface area contributed by atoms with Crippen molar-refractivity contribution in [1.29, 1.82) is 0 Å². The Labute approximate surface area is 117 Å². The molecule has 0 unspecified atom stereocenters. The van der Waals surface area contributed by atoms with Crippen molar-refractivity contribution in [3.63, 3.8) is 0 Å². The number of hydrogen-bond acceptors (Lipinski definition) is 1. The highest BCUT2D eigenvalue weighted by molar-refractivity contribution is 5.97. The van der Waals surface area contributed by atoms with Crippen molar-refractivity contribution in [3.8, 4) is 0 Å². The van der Waals surface area contributed by atoms with Crippen LogP contribution in [0.25, 0.3) is 0 Å². The monoisotopic (exact) mass is 313 g/mol. The number of benzene rings is 1. The smallest absolute Gasteiger partial charge is 0.325 e. The second kappa shape index (κ2) is 5.57. The molecule has 0 bridgehead atoms. The minimum atomic E-state index is -5.74. The Morgan fingerprint density at radius 1 is 1.05 bits per heavy atom. The first-order chi connectivity index (χ1) is 9.47. The van der Waals surface area contributed by atoms with Crippen molar-refractivity contribution in [2.24, 2.45) is 5.41 Å². The van der Waals surface area contributed by atoms with Crippen LogP contribution in [0.3, 0.4) is 0 Å². The van der Waals surface area contributed by atoms with Crippen molar-refractivity contribution in [3.05, 3.63) is 29.8 Å². The number of aryl methyl sites for hydroxylation is 1. The number of anilines is 1. The predicted octanol–water partition coefficient (Wildman–Crippen LogP) is 4.45. The van der Waals surface area contributed by atoms with Crippen molar-refractivity contribution in [2.75, 3.05) is 5.32 Å². The molecule has 0 aliphatic carbocycles. The summed E-state index contributed by atoms with van der Waals surface area (Å²) in [4.78, 5) is 11.8. The Bertz CT molecular complexity index is 506. The molecule has 0 fully saturated rings. The number of amides is 1. The molecule has 1 amide bonds. The second-order valence-corrected chi connectivity index (χ2v) is 4.52. The standard InChI is InChI=1S/C13H13F6NO/c1-3-11(12(14,15)16,13(17,18)19)10(21)20-9-7-5-4-6-8(9)2/h4-7H,3H2,1-2H3,(H,20,21). The van der Waals surface area contributed by atoms with Gasteiger partial charge in [-0.05, 0) is 25.0 Å². The van der Waals surface area contributed by atoms with Crippen LogP contribution >= 0.6 is 0 Å². The van der Waals surface area contributed by atoms with Crippen molar-refractivity contribution >= 4 is 11.6 Å². The lowest BCUT2D eigenvalue weighted by atomic mass is 9.82. The van der Waals surface area contributed by atoms with E-state index in [-0.39, 0.29) is 5.69 Å². The summed E-state index contributed by atoms with van der Waals surface area (Å²) in [7, 11) is 0. The quantitative estimate of drug-likeness (QED) is 0.821. The molecule has 1 aromatic rings. The first-order valence-corrected chi connectivity index (χ1v) is 5.98. The van der Waals surface area contributed by atoms with Gasteiger partial charge in [-0.3, -0.25) is 4.79 Å². The molecule has 0 spiro atoms. The minimum absolute atomic E-state index is 0.0891. The average molecular weight is 313 g/mol. The molecule has 21 heavy (non-hydrogen) atoms. The van der Waals surface area contributed by atoms with Gasteiger partial charge < -0.3 is 5.32 Å². The van der Waals surface area contributed by atoms with E-state index in [0.29, 0.717) is 12.5 Å².